The highest BCUT2D eigenvalue weighted by Crippen LogP contribution is 2.34. The van der Waals surface area contributed by atoms with Crippen molar-refractivity contribution >= 4 is 28.6 Å². The van der Waals surface area contributed by atoms with Gasteiger partial charge in [-0.2, -0.15) is 23.4 Å². The molecule has 39 heavy (non-hydrogen) atoms. The van der Waals surface area contributed by atoms with E-state index < -0.39 is 11.7 Å². The number of nitrogens with zero attached hydrogens (tertiary/aromatic N) is 4. The van der Waals surface area contributed by atoms with Crippen LogP contribution in [0.15, 0.2) is 75.4 Å². The molecular formula is C27H25F3N4O4S. The molecule has 204 valence electrons. The maximum atomic E-state index is 13.0. The van der Waals surface area contributed by atoms with Crippen LogP contribution in [0.2, 0.25) is 0 Å². The minimum absolute atomic E-state index is 0.0990. The monoisotopic (exact) mass is 558 g/mol. The molecular weight excluding hydrogens is 533 g/mol. The molecule has 0 saturated heterocycles. The lowest BCUT2D eigenvalue weighted by Gasteiger charge is -2.16. The Morgan fingerprint density at radius 2 is 1.92 bits per heavy atom. The van der Waals surface area contributed by atoms with Crippen LogP contribution in [0.3, 0.4) is 0 Å². The molecule has 0 aliphatic heterocycles. The molecule has 12 heteroatoms. The number of rotatable bonds is 11. The van der Waals surface area contributed by atoms with Gasteiger partial charge in [0.2, 0.25) is 11.2 Å². The van der Waals surface area contributed by atoms with E-state index in [-0.39, 0.29) is 23.6 Å². The maximum absolute atomic E-state index is 13.0. The molecule has 0 atom stereocenters. The lowest BCUT2D eigenvalue weighted by Crippen LogP contribution is -2.26. The number of ether oxygens (including phenoxy) is 1. The zero-order valence-corrected chi connectivity index (χ0v) is 21.8. The van der Waals surface area contributed by atoms with E-state index in [1.54, 1.807) is 30.9 Å². The Morgan fingerprint density at radius 1 is 1.08 bits per heavy atom. The molecule has 0 fully saturated rings. The van der Waals surface area contributed by atoms with Crippen molar-refractivity contribution in [1.82, 2.24) is 20.1 Å². The molecule has 8 nitrogen and oxygen atoms in total. The third-order valence-electron chi connectivity index (χ3n) is 5.76. The van der Waals surface area contributed by atoms with Crippen molar-refractivity contribution in [3.8, 4) is 5.75 Å². The van der Waals surface area contributed by atoms with Crippen LogP contribution in [0.5, 0.6) is 5.75 Å². The van der Waals surface area contributed by atoms with Gasteiger partial charge in [-0.25, -0.2) is 0 Å². The first-order chi connectivity index (χ1) is 18.7. The number of aromatic nitrogens is 3. The van der Waals surface area contributed by atoms with E-state index in [0.717, 1.165) is 35.6 Å². The lowest BCUT2D eigenvalue weighted by atomic mass is 10.1. The molecule has 4 rings (SSSR count). The van der Waals surface area contributed by atoms with Crippen LogP contribution in [-0.4, -0.2) is 45.4 Å². The second-order valence-corrected chi connectivity index (χ2v) is 9.80. The fraction of sp³-hybridized carbons (Fsp3) is 0.296. The highest BCUT2D eigenvalue weighted by Gasteiger charge is 2.30. The van der Waals surface area contributed by atoms with Crippen molar-refractivity contribution in [2.75, 3.05) is 19.4 Å². The predicted molar refractivity (Wildman–Crippen MR) is 140 cm³/mol. The molecule has 0 bridgehead atoms. The summed E-state index contributed by atoms with van der Waals surface area (Å²) < 4.78 is 49.9. The second kappa shape index (κ2) is 12.7. The van der Waals surface area contributed by atoms with Crippen molar-refractivity contribution in [2.45, 2.75) is 36.9 Å². The Labute approximate surface area is 226 Å². The minimum Gasteiger partial charge on any atom is -0.487 e. The fourth-order valence-electron chi connectivity index (χ4n) is 3.74. The standard InChI is InChI=1S/C27H25F3N4O4S/c1-34(26(36)18-7-10-32-33-15-18)16-20-14-23(35)24(17-38-20)37-11-3-2-4-12-39-25-8-9-31-22-13-19(27(28,29)30)5-6-21(22)25/h5-10,13-15,17H,2-4,11-12,16H2,1H3. The molecule has 4 aromatic rings. The zero-order valence-electron chi connectivity index (χ0n) is 21.0. The zero-order chi connectivity index (χ0) is 27.8. The van der Waals surface area contributed by atoms with Gasteiger partial charge >= 0.3 is 6.18 Å². The molecule has 0 spiro atoms. The Balaban J connectivity index is 1.19. The smallest absolute Gasteiger partial charge is 0.416 e. The highest BCUT2D eigenvalue weighted by molar-refractivity contribution is 7.99. The molecule has 3 heterocycles. The van der Waals surface area contributed by atoms with Gasteiger partial charge in [-0.15, -0.1) is 11.8 Å². The van der Waals surface area contributed by atoms with Gasteiger partial charge in [-0.1, -0.05) is 6.07 Å². The number of carbonyl (C=O) groups is 1. The summed E-state index contributed by atoms with van der Waals surface area (Å²) in [5.74, 6) is 0.917. The molecule has 1 amide bonds. The summed E-state index contributed by atoms with van der Waals surface area (Å²) in [6.45, 7) is 0.436. The van der Waals surface area contributed by atoms with E-state index in [0.29, 0.717) is 35.3 Å². The van der Waals surface area contributed by atoms with Crippen LogP contribution in [0.4, 0.5) is 13.2 Å². The van der Waals surface area contributed by atoms with Gasteiger partial charge in [0, 0.05) is 29.6 Å². The van der Waals surface area contributed by atoms with Crippen LogP contribution < -0.4 is 10.2 Å². The van der Waals surface area contributed by atoms with Gasteiger partial charge in [-0.05, 0) is 49.3 Å². The van der Waals surface area contributed by atoms with Crippen molar-refractivity contribution in [2.24, 2.45) is 0 Å². The summed E-state index contributed by atoms with van der Waals surface area (Å²) in [7, 11) is 1.59. The molecule has 1 aromatic carbocycles. The number of amides is 1. The summed E-state index contributed by atoms with van der Waals surface area (Å²) in [4.78, 5) is 31.2. The minimum atomic E-state index is -4.40. The predicted octanol–water partition coefficient (Wildman–Crippen LogP) is 5.61. The van der Waals surface area contributed by atoms with Crippen molar-refractivity contribution < 1.29 is 27.1 Å². The normalized spacial score (nSPS) is 11.5. The number of halogens is 3. The first-order valence-corrected chi connectivity index (χ1v) is 13.1. The number of fused-ring (bicyclic) bond motifs is 1. The summed E-state index contributed by atoms with van der Waals surface area (Å²) in [5, 5.41) is 8.02. The van der Waals surface area contributed by atoms with E-state index in [4.69, 9.17) is 9.15 Å². The number of hydrogen-bond acceptors (Lipinski definition) is 8. The van der Waals surface area contributed by atoms with Gasteiger partial charge in [0.15, 0.2) is 0 Å². The SMILES string of the molecule is CN(Cc1cc(=O)c(OCCCCCSc2ccnc3cc(C(F)(F)F)ccc23)co1)C(=O)c1ccnnc1. The van der Waals surface area contributed by atoms with Crippen LogP contribution >= 0.6 is 11.8 Å². The maximum Gasteiger partial charge on any atom is 0.416 e. The number of thioether (sulfide) groups is 1. The number of carbonyl (C=O) groups excluding carboxylic acids is 1. The molecule has 0 radical (unpaired) electrons. The average molecular weight is 559 g/mol. The molecule has 0 saturated carbocycles. The van der Waals surface area contributed by atoms with E-state index >= 15 is 0 Å². The summed E-state index contributed by atoms with van der Waals surface area (Å²) >= 11 is 1.57. The molecule has 0 N–H and O–H groups in total. The van der Waals surface area contributed by atoms with Crippen LogP contribution in [0.1, 0.15) is 40.9 Å². The topological polar surface area (TPSA) is 98.4 Å². The van der Waals surface area contributed by atoms with Crippen molar-refractivity contribution in [3.63, 3.8) is 0 Å². The van der Waals surface area contributed by atoms with Crippen LogP contribution in [-0.2, 0) is 12.7 Å². The third-order valence-corrected chi connectivity index (χ3v) is 6.92. The largest absolute Gasteiger partial charge is 0.487 e. The second-order valence-electron chi connectivity index (χ2n) is 8.66. The first-order valence-electron chi connectivity index (χ1n) is 12.1. The van der Waals surface area contributed by atoms with E-state index in [1.165, 1.54) is 41.9 Å². The Morgan fingerprint density at radius 3 is 2.67 bits per heavy atom. The van der Waals surface area contributed by atoms with Gasteiger partial charge in [0.1, 0.15) is 12.0 Å². The van der Waals surface area contributed by atoms with Crippen LogP contribution in [0, 0.1) is 0 Å². The average Bonchev–Trinajstić information content (AvgIpc) is 2.92. The van der Waals surface area contributed by atoms with E-state index in [2.05, 4.69) is 15.2 Å². The molecule has 0 aliphatic carbocycles. The Kier molecular flexibility index (Phi) is 9.18. The van der Waals surface area contributed by atoms with Crippen LogP contribution in [0.25, 0.3) is 10.9 Å². The van der Waals surface area contributed by atoms with Crippen molar-refractivity contribution in [1.29, 1.82) is 0 Å². The van der Waals surface area contributed by atoms with Crippen molar-refractivity contribution in [3.05, 3.63) is 88.4 Å². The fourth-order valence-corrected chi connectivity index (χ4v) is 4.79. The Hall–Kier alpha value is -3.93. The van der Waals surface area contributed by atoms with Gasteiger partial charge < -0.3 is 14.1 Å². The van der Waals surface area contributed by atoms with E-state index in [1.807, 2.05) is 0 Å². The third kappa shape index (κ3) is 7.56. The molecule has 3 aromatic heterocycles. The first kappa shape index (κ1) is 28.1. The number of hydrogen-bond donors (Lipinski definition) is 0. The van der Waals surface area contributed by atoms with Gasteiger partial charge in [0.25, 0.3) is 5.91 Å². The Bertz CT molecular complexity index is 1480. The summed E-state index contributed by atoms with van der Waals surface area (Å²) in [5.41, 5.74) is -0.356. The summed E-state index contributed by atoms with van der Waals surface area (Å²) in [6.07, 6.45) is 3.57. The summed E-state index contributed by atoms with van der Waals surface area (Å²) in [6, 6.07) is 8.26. The molecule has 0 aliphatic rings. The number of benzene rings is 1. The lowest BCUT2D eigenvalue weighted by molar-refractivity contribution is -0.137. The van der Waals surface area contributed by atoms with Gasteiger partial charge in [0.05, 0.1) is 42.2 Å². The van der Waals surface area contributed by atoms with E-state index in [9.17, 15) is 22.8 Å². The molecule has 0 unspecified atom stereocenters. The highest BCUT2D eigenvalue weighted by atomic mass is 32.2. The quantitative estimate of drug-likeness (QED) is 0.173. The number of pyridine rings is 1. The van der Waals surface area contributed by atoms with Gasteiger partial charge in [-0.3, -0.25) is 14.6 Å². The number of alkyl halides is 3. The number of unbranched alkanes of at least 4 members (excludes halogenated alkanes) is 2.